The lowest BCUT2D eigenvalue weighted by Gasteiger charge is -2.11. The zero-order valence-electron chi connectivity index (χ0n) is 10.2. The van der Waals surface area contributed by atoms with Crippen LogP contribution >= 0.6 is 0 Å². The van der Waals surface area contributed by atoms with Crippen LogP contribution in [0.2, 0.25) is 0 Å². The first-order valence-electron chi connectivity index (χ1n) is 5.70. The average molecular weight is 252 g/mol. The highest BCUT2D eigenvalue weighted by Crippen LogP contribution is 2.26. The first-order chi connectivity index (χ1) is 8.58. The fraction of sp³-hybridized carbons (Fsp3) is 0.286. The zero-order valence-corrected chi connectivity index (χ0v) is 10.2. The van der Waals surface area contributed by atoms with Gasteiger partial charge >= 0.3 is 0 Å². The van der Waals surface area contributed by atoms with Crippen LogP contribution in [0, 0.1) is 11.6 Å². The number of ether oxygens (including phenoxy) is 1. The molecule has 2 nitrogen and oxygen atoms in total. The Labute approximate surface area is 104 Å². The van der Waals surface area contributed by atoms with Crippen LogP contribution in [0.25, 0.3) is 0 Å². The first kappa shape index (κ1) is 12.6. The van der Waals surface area contributed by atoms with Gasteiger partial charge in [0.05, 0.1) is 12.5 Å². The molecule has 0 N–H and O–H groups in total. The number of rotatable bonds is 4. The number of halogens is 2. The van der Waals surface area contributed by atoms with Gasteiger partial charge in [-0.05, 0) is 12.0 Å². The Morgan fingerprint density at radius 2 is 1.89 bits per heavy atom. The van der Waals surface area contributed by atoms with Crippen LogP contribution in [0.4, 0.5) is 8.78 Å². The predicted octanol–water partition coefficient (Wildman–Crippen LogP) is 4.26. The van der Waals surface area contributed by atoms with Gasteiger partial charge in [0, 0.05) is 23.3 Å². The molecule has 1 aromatic heterocycles. The zero-order chi connectivity index (χ0) is 13.1. The molecular formula is C14H14F2O2. The van der Waals surface area contributed by atoms with E-state index in [0.717, 1.165) is 5.56 Å². The van der Waals surface area contributed by atoms with Crippen LogP contribution in [-0.4, -0.2) is 0 Å². The maximum Gasteiger partial charge on any atom is 0.133 e. The number of hydrogen-bond acceptors (Lipinski definition) is 2. The largest absolute Gasteiger partial charge is 0.489 e. The summed E-state index contributed by atoms with van der Waals surface area (Å²) in [5, 5.41) is 0. The summed E-state index contributed by atoms with van der Waals surface area (Å²) < 4.78 is 37.6. The molecule has 0 spiro atoms. The van der Waals surface area contributed by atoms with Crippen molar-refractivity contribution in [3.63, 3.8) is 0 Å². The van der Waals surface area contributed by atoms with Crippen molar-refractivity contribution in [3.05, 3.63) is 53.5 Å². The molecule has 1 aromatic carbocycles. The quantitative estimate of drug-likeness (QED) is 0.811. The highest BCUT2D eigenvalue weighted by molar-refractivity contribution is 5.32. The van der Waals surface area contributed by atoms with Gasteiger partial charge in [0.2, 0.25) is 0 Å². The molecule has 0 atom stereocenters. The van der Waals surface area contributed by atoms with Gasteiger partial charge in [0.1, 0.15) is 24.0 Å². The fourth-order valence-corrected chi connectivity index (χ4v) is 1.74. The van der Waals surface area contributed by atoms with Crippen LogP contribution in [0.3, 0.4) is 0 Å². The van der Waals surface area contributed by atoms with Crippen molar-refractivity contribution in [2.24, 2.45) is 0 Å². The monoisotopic (exact) mass is 252 g/mol. The van der Waals surface area contributed by atoms with Crippen LogP contribution in [0.15, 0.2) is 35.1 Å². The number of furan rings is 1. The normalized spacial score (nSPS) is 10.9. The molecule has 0 bridgehead atoms. The van der Waals surface area contributed by atoms with Gasteiger partial charge in [-0.2, -0.15) is 0 Å². The van der Waals surface area contributed by atoms with Crippen LogP contribution in [-0.2, 0) is 6.61 Å². The predicted molar refractivity (Wildman–Crippen MR) is 63.5 cm³/mol. The highest BCUT2D eigenvalue weighted by Gasteiger charge is 2.14. The van der Waals surface area contributed by atoms with Gasteiger partial charge in [0.15, 0.2) is 0 Å². The Hall–Kier alpha value is -1.84. The minimum absolute atomic E-state index is 0.0886. The van der Waals surface area contributed by atoms with E-state index in [2.05, 4.69) is 0 Å². The van der Waals surface area contributed by atoms with Gasteiger partial charge in [-0.1, -0.05) is 13.8 Å². The molecule has 0 aliphatic rings. The van der Waals surface area contributed by atoms with E-state index in [1.54, 1.807) is 19.9 Å². The molecule has 4 heteroatoms. The lowest BCUT2D eigenvalue weighted by atomic mass is 10.0. The average Bonchev–Trinajstić information content (AvgIpc) is 2.77. The van der Waals surface area contributed by atoms with E-state index in [-0.39, 0.29) is 23.8 Å². The standard InChI is InChI=1S/C14H14F2O2/c1-9(2)14-12(15)5-11(6-13(14)16)18-8-10-3-4-17-7-10/h3-7,9H,8H2,1-2H3. The van der Waals surface area contributed by atoms with Gasteiger partial charge in [-0.15, -0.1) is 0 Å². The van der Waals surface area contributed by atoms with E-state index in [1.807, 2.05) is 0 Å². The maximum absolute atomic E-state index is 13.7. The van der Waals surface area contributed by atoms with Crippen LogP contribution in [0.5, 0.6) is 5.75 Å². The third-order valence-electron chi connectivity index (χ3n) is 2.62. The van der Waals surface area contributed by atoms with E-state index in [0.29, 0.717) is 0 Å². The summed E-state index contributed by atoms with van der Waals surface area (Å²) in [6.07, 6.45) is 3.04. The third-order valence-corrected chi connectivity index (χ3v) is 2.62. The molecule has 0 aliphatic carbocycles. The Kier molecular flexibility index (Phi) is 3.65. The van der Waals surface area contributed by atoms with Crippen molar-refractivity contribution < 1.29 is 17.9 Å². The molecular weight excluding hydrogens is 238 g/mol. The first-order valence-corrected chi connectivity index (χ1v) is 5.70. The molecule has 0 amide bonds. The molecule has 0 radical (unpaired) electrons. The van der Waals surface area contributed by atoms with E-state index in [1.165, 1.54) is 24.7 Å². The second kappa shape index (κ2) is 5.21. The van der Waals surface area contributed by atoms with E-state index >= 15 is 0 Å². The number of benzene rings is 1. The molecule has 0 saturated heterocycles. The molecule has 18 heavy (non-hydrogen) atoms. The van der Waals surface area contributed by atoms with Crippen molar-refractivity contribution in [2.75, 3.05) is 0 Å². The van der Waals surface area contributed by atoms with Gasteiger partial charge in [-0.25, -0.2) is 8.78 Å². The van der Waals surface area contributed by atoms with Crippen molar-refractivity contribution in [1.82, 2.24) is 0 Å². The third kappa shape index (κ3) is 2.70. The van der Waals surface area contributed by atoms with Gasteiger partial charge in [-0.3, -0.25) is 0 Å². The summed E-state index contributed by atoms with van der Waals surface area (Å²) in [5.41, 5.74) is 0.898. The second-order valence-corrected chi connectivity index (χ2v) is 4.38. The van der Waals surface area contributed by atoms with E-state index < -0.39 is 11.6 Å². The molecule has 0 saturated carbocycles. The fourth-order valence-electron chi connectivity index (χ4n) is 1.74. The van der Waals surface area contributed by atoms with Gasteiger partial charge < -0.3 is 9.15 Å². The minimum atomic E-state index is -0.577. The van der Waals surface area contributed by atoms with Crippen molar-refractivity contribution >= 4 is 0 Å². The Morgan fingerprint density at radius 1 is 1.22 bits per heavy atom. The summed E-state index contributed by atoms with van der Waals surface area (Å²) in [7, 11) is 0. The van der Waals surface area contributed by atoms with Crippen molar-refractivity contribution in [3.8, 4) is 5.75 Å². The Morgan fingerprint density at radius 3 is 2.39 bits per heavy atom. The summed E-state index contributed by atoms with van der Waals surface area (Å²) in [6.45, 7) is 3.71. The maximum atomic E-state index is 13.7. The van der Waals surface area contributed by atoms with Crippen LogP contribution in [0.1, 0.15) is 30.9 Å². The molecule has 0 unspecified atom stereocenters. The lowest BCUT2D eigenvalue weighted by molar-refractivity contribution is 0.300. The van der Waals surface area contributed by atoms with Gasteiger partial charge in [0.25, 0.3) is 0 Å². The number of hydrogen-bond donors (Lipinski definition) is 0. The van der Waals surface area contributed by atoms with Crippen molar-refractivity contribution in [1.29, 1.82) is 0 Å². The Balaban J connectivity index is 2.15. The van der Waals surface area contributed by atoms with Crippen molar-refractivity contribution in [2.45, 2.75) is 26.4 Å². The minimum Gasteiger partial charge on any atom is -0.489 e. The molecule has 96 valence electrons. The molecule has 0 aliphatic heterocycles. The molecule has 1 heterocycles. The SMILES string of the molecule is CC(C)c1c(F)cc(OCc2ccoc2)cc1F. The van der Waals surface area contributed by atoms with E-state index in [9.17, 15) is 8.78 Å². The second-order valence-electron chi connectivity index (χ2n) is 4.38. The molecule has 2 aromatic rings. The summed E-state index contributed by atoms with van der Waals surface area (Å²) in [6, 6.07) is 4.15. The van der Waals surface area contributed by atoms with Crippen LogP contribution < -0.4 is 4.74 Å². The Bertz CT molecular complexity index is 496. The summed E-state index contributed by atoms with van der Waals surface area (Å²) in [5.74, 6) is -1.18. The lowest BCUT2D eigenvalue weighted by Crippen LogP contribution is -2.01. The van der Waals surface area contributed by atoms with E-state index in [4.69, 9.17) is 9.15 Å². The topological polar surface area (TPSA) is 22.4 Å². The molecule has 2 rings (SSSR count). The molecule has 0 fully saturated rings. The summed E-state index contributed by atoms with van der Waals surface area (Å²) >= 11 is 0. The smallest absolute Gasteiger partial charge is 0.133 e. The summed E-state index contributed by atoms with van der Waals surface area (Å²) in [4.78, 5) is 0. The highest BCUT2D eigenvalue weighted by atomic mass is 19.1.